The molecule has 2 rings (SSSR count). The highest BCUT2D eigenvalue weighted by Gasteiger charge is 2.31. The van der Waals surface area contributed by atoms with Gasteiger partial charge in [-0.1, -0.05) is 45.0 Å². The fourth-order valence-electron chi connectivity index (χ4n) is 2.19. The molecule has 1 aliphatic heterocycles. The van der Waals surface area contributed by atoms with Gasteiger partial charge in [0, 0.05) is 13.1 Å². The van der Waals surface area contributed by atoms with E-state index in [4.69, 9.17) is 0 Å². The summed E-state index contributed by atoms with van der Waals surface area (Å²) in [4.78, 5) is 0. The fraction of sp³-hybridized carbons (Fsp3) is 0.571. The normalized spacial score (nSPS) is 18.9. The molecule has 0 spiro atoms. The minimum Gasteiger partial charge on any atom is -0.316 e. The lowest BCUT2D eigenvalue weighted by atomic mass is 9.78. The lowest BCUT2D eigenvalue weighted by molar-refractivity contribution is 0.195. The summed E-state index contributed by atoms with van der Waals surface area (Å²) in [5, 5.41) is 3.35. The van der Waals surface area contributed by atoms with Gasteiger partial charge in [0.1, 0.15) is 0 Å². The monoisotopic (exact) mass is 203 g/mol. The molecule has 1 aliphatic rings. The second-order valence-corrected chi connectivity index (χ2v) is 5.49. The third-order valence-electron chi connectivity index (χ3n) is 3.38. The lowest BCUT2D eigenvalue weighted by Crippen LogP contribution is -2.52. The molecule has 0 atom stereocenters. The molecule has 1 heterocycles. The van der Waals surface area contributed by atoms with E-state index in [9.17, 15) is 0 Å². The summed E-state index contributed by atoms with van der Waals surface area (Å²) in [6.45, 7) is 9.18. The zero-order valence-corrected chi connectivity index (χ0v) is 10.0. The van der Waals surface area contributed by atoms with E-state index in [0.717, 1.165) is 0 Å². The van der Waals surface area contributed by atoms with Gasteiger partial charge in [-0.25, -0.2) is 0 Å². The van der Waals surface area contributed by atoms with Crippen molar-refractivity contribution in [3.05, 3.63) is 35.4 Å². The lowest BCUT2D eigenvalue weighted by Gasteiger charge is -2.39. The summed E-state index contributed by atoms with van der Waals surface area (Å²) < 4.78 is 0. The number of nitrogens with one attached hydrogen (secondary N) is 1. The third kappa shape index (κ3) is 2.40. The molecule has 0 unspecified atom stereocenters. The fourth-order valence-corrected chi connectivity index (χ4v) is 2.19. The molecule has 82 valence electrons. The van der Waals surface area contributed by atoms with Gasteiger partial charge in [0.15, 0.2) is 0 Å². The Morgan fingerprint density at radius 1 is 1.20 bits per heavy atom. The second-order valence-electron chi connectivity index (χ2n) is 5.49. The van der Waals surface area contributed by atoms with Crippen molar-refractivity contribution in [3.8, 4) is 0 Å². The van der Waals surface area contributed by atoms with Crippen LogP contribution in [0, 0.1) is 5.41 Å². The minimum atomic E-state index is 0.499. The van der Waals surface area contributed by atoms with Crippen molar-refractivity contribution >= 4 is 0 Å². The highest BCUT2D eigenvalue weighted by molar-refractivity contribution is 5.26. The minimum absolute atomic E-state index is 0.499. The number of benzene rings is 1. The smallest absolute Gasteiger partial charge is 0.00208 e. The van der Waals surface area contributed by atoms with Crippen LogP contribution < -0.4 is 5.32 Å². The van der Waals surface area contributed by atoms with Gasteiger partial charge in [-0.05, 0) is 28.9 Å². The summed E-state index contributed by atoms with van der Waals surface area (Å²) in [5.74, 6) is 0.639. The molecule has 1 aromatic carbocycles. The summed E-state index contributed by atoms with van der Waals surface area (Å²) in [6.07, 6.45) is 1.21. The van der Waals surface area contributed by atoms with Crippen LogP contribution in [0.25, 0.3) is 0 Å². The Kier molecular flexibility index (Phi) is 2.83. The molecule has 1 nitrogen and oxygen atoms in total. The standard InChI is InChI=1S/C14H21N/c1-11(2)13-6-4-12(5-7-13)8-14(3)9-15-10-14/h4-7,11,15H,8-10H2,1-3H3. The average molecular weight is 203 g/mol. The molecule has 1 aromatic rings. The van der Waals surface area contributed by atoms with E-state index < -0.39 is 0 Å². The maximum atomic E-state index is 3.35. The van der Waals surface area contributed by atoms with Crippen LogP contribution in [0.1, 0.15) is 37.8 Å². The maximum absolute atomic E-state index is 3.35. The zero-order chi connectivity index (χ0) is 10.9. The number of rotatable bonds is 3. The Bertz CT molecular complexity index is 320. The molecular weight excluding hydrogens is 182 g/mol. The van der Waals surface area contributed by atoms with E-state index in [1.165, 1.54) is 30.6 Å². The molecule has 0 aromatic heterocycles. The first kappa shape index (κ1) is 10.7. The van der Waals surface area contributed by atoms with Crippen LogP contribution in [0.2, 0.25) is 0 Å². The Morgan fingerprint density at radius 3 is 2.20 bits per heavy atom. The van der Waals surface area contributed by atoms with Gasteiger partial charge in [-0.3, -0.25) is 0 Å². The van der Waals surface area contributed by atoms with E-state index in [1.54, 1.807) is 0 Å². The van der Waals surface area contributed by atoms with Crippen molar-refractivity contribution in [3.63, 3.8) is 0 Å². The predicted octanol–water partition coefficient (Wildman–Crippen LogP) is 2.96. The van der Waals surface area contributed by atoms with Crippen molar-refractivity contribution < 1.29 is 0 Å². The van der Waals surface area contributed by atoms with E-state index in [0.29, 0.717) is 11.3 Å². The van der Waals surface area contributed by atoms with Gasteiger partial charge in [-0.15, -0.1) is 0 Å². The van der Waals surface area contributed by atoms with Gasteiger partial charge < -0.3 is 5.32 Å². The molecule has 0 saturated carbocycles. The predicted molar refractivity (Wildman–Crippen MR) is 65.2 cm³/mol. The molecule has 1 saturated heterocycles. The molecule has 1 fully saturated rings. The molecular formula is C14H21N. The summed E-state index contributed by atoms with van der Waals surface area (Å²) in [5.41, 5.74) is 3.42. The van der Waals surface area contributed by atoms with Crippen LogP contribution in [0.5, 0.6) is 0 Å². The van der Waals surface area contributed by atoms with Gasteiger partial charge in [0.2, 0.25) is 0 Å². The summed E-state index contributed by atoms with van der Waals surface area (Å²) >= 11 is 0. The Morgan fingerprint density at radius 2 is 1.80 bits per heavy atom. The van der Waals surface area contributed by atoms with Gasteiger partial charge >= 0.3 is 0 Å². The summed E-state index contributed by atoms with van der Waals surface area (Å²) in [6, 6.07) is 9.13. The highest BCUT2D eigenvalue weighted by atomic mass is 15.0. The van der Waals surface area contributed by atoms with Crippen LogP contribution in [0.4, 0.5) is 0 Å². The van der Waals surface area contributed by atoms with Gasteiger partial charge in [0.25, 0.3) is 0 Å². The molecule has 0 amide bonds. The molecule has 0 radical (unpaired) electrons. The summed E-state index contributed by atoms with van der Waals surface area (Å²) in [7, 11) is 0. The first-order valence-corrected chi connectivity index (χ1v) is 5.89. The first-order valence-electron chi connectivity index (χ1n) is 5.89. The molecule has 0 aliphatic carbocycles. The Hall–Kier alpha value is -0.820. The highest BCUT2D eigenvalue weighted by Crippen LogP contribution is 2.27. The van der Waals surface area contributed by atoms with Crippen molar-refractivity contribution in [2.24, 2.45) is 5.41 Å². The van der Waals surface area contributed by atoms with Crippen molar-refractivity contribution in [2.75, 3.05) is 13.1 Å². The van der Waals surface area contributed by atoms with E-state index in [1.807, 2.05) is 0 Å². The quantitative estimate of drug-likeness (QED) is 0.796. The van der Waals surface area contributed by atoms with Crippen molar-refractivity contribution in [1.29, 1.82) is 0 Å². The number of hydrogen-bond acceptors (Lipinski definition) is 1. The van der Waals surface area contributed by atoms with Crippen molar-refractivity contribution in [1.82, 2.24) is 5.32 Å². The van der Waals surface area contributed by atoms with Crippen LogP contribution >= 0.6 is 0 Å². The Labute approximate surface area is 92.9 Å². The van der Waals surface area contributed by atoms with Crippen LogP contribution in [-0.2, 0) is 6.42 Å². The topological polar surface area (TPSA) is 12.0 Å². The number of hydrogen-bond donors (Lipinski definition) is 1. The third-order valence-corrected chi connectivity index (χ3v) is 3.38. The van der Waals surface area contributed by atoms with E-state index in [2.05, 4.69) is 50.4 Å². The SMILES string of the molecule is CC(C)c1ccc(CC2(C)CNC2)cc1. The van der Waals surface area contributed by atoms with E-state index >= 15 is 0 Å². The molecule has 1 heteroatoms. The van der Waals surface area contributed by atoms with Crippen molar-refractivity contribution in [2.45, 2.75) is 33.1 Å². The second kappa shape index (κ2) is 3.97. The van der Waals surface area contributed by atoms with Gasteiger partial charge in [0.05, 0.1) is 0 Å². The molecule has 1 N–H and O–H groups in total. The Balaban J connectivity index is 2.04. The molecule has 0 bridgehead atoms. The van der Waals surface area contributed by atoms with Crippen LogP contribution in [0.3, 0.4) is 0 Å². The largest absolute Gasteiger partial charge is 0.316 e. The van der Waals surface area contributed by atoms with Gasteiger partial charge in [-0.2, -0.15) is 0 Å². The van der Waals surface area contributed by atoms with Crippen LogP contribution in [-0.4, -0.2) is 13.1 Å². The zero-order valence-electron chi connectivity index (χ0n) is 10.0. The van der Waals surface area contributed by atoms with E-state index in [-0.39, 0.29) is 0 Å². The first-order chi connectivity index (χ1) is 7.09. The maximum Gasteiger partial charge on any atom is 0.00208 e. The average Bonchev–Trinajstić information content (AvgIpc) is 2.16. The molecule has 15 heavy (non-hydrogen) atoms. The van der Waals surface area contributed by atoms with Crippen LogP contribution in [0.15, 0.2) is 24.3 Å².